The van der Waals surface area contributed by atoms with Gasteiger partial charge in [-0.3, -0.25) is 0 Å². The van der Waals surface area contributed by atoms with Gasteiger partial charge in [0.15, 0.2) is 5.75 Å². The molecular weight excluding hydrogens is 239 g/mol. The van der Waals surface area contributed by atoms with E-state index in [2.05, 4.69) is 4.98 Å². The summed E-state index contributed by atoms with van der Waals surface area (Å²) in [4.78, 5) is 3.89. The minimum Gasteiger partial charge on any atom is -0.487 e. The summed E-state index contributed by atoms with van der Waals surface area (Å²) in [5.74, 6) is -0.120. The standard InChI is InChI=1S/C10H10F3NOS/c1-16-9-8(15-6-2-3-6)7(4-5-14-9)10(11,12)13/h4-6H,2-3H2,1H3. The largest absolute Gasteiger partial charge is 0.487 e. The van der Waals surface area contributed by atoms with Crippen LogP contribution < -0.4 is 4.74 Å². The van der Waals surface area contributed by atoms with Crippen LogP contribution in [0.2, 0.25) is 0 Å². The summed E-state index contributed by atoms with van der Waals surface area (Å²) in [5, 5.41) is 0.293. The van der Waals surface area contributed by atoms with Gasteiger partial charge in [0, 0.05) is 6.20 Å². The number of nitrogens with zero attached hydrogens (tertiary/aromatic N) is 1. The lowest BCUT2D eigenvalue weighted by molar-refractivity contribution is -0.139. The Labute approximate surface area is 95.2 Å². The monoisotopic (exact) mass is 249 g/mol. The third kappa shape index (κ3) is 2.42. The maximum absolute atomic E-state index is 12.7. The minimum absolute atomic E-state index is 0.0730. The van der Waals surface area contributed by atoms with E-state index in [0.29, 0.717) is 5.03 Å². The van der Waals surface area contributed by atoms with Crippen LogP contribution in [0, 0.1) is 0 Å². The normalized spacial score (nSPS) is 16.2. The third-order valence-electron chi connectivity index (χ3n) is 2.18. The number of thioether (sulfide) groups is 1. The molecule has 0 spiro atoms. The van der Waals surface area contributed by atoms with Gasteiger partial charge in [0.2, 0.25) is 0 Å². The Bertz CT molecular complexity index is 390. The van der Waals surface area contributed by atoms with E-state index in [0.717, 1.165) is 36.9 Å². The molecule has 1 aromatic rings. The highest BCUT2D eigenvalue weighted by Gasteiger charge is 2.37. The average molecular weight is 249 g/mol. The van der Waals surface area contributed by atoms with Crippen LogP contribution in [-0.2, 0) is 6.18 Å². The molecule has 1 aromatic heterocycles. The predicted octanol–water partition coefficient (Wildman–Crippen LogP) is 3.36. The van der Waals surface area contributed by atoms with Gasteiger partial charge in [-0.1, -0.05) is 0 Å². The molecule has 0 N–H and O–H groups in total. The van der Waals surface area contributed by atoms with Crippen molar-refractivity contribution in [1.82, 2.24) is 4.98 Å². The molecule has 16 heavy (non-hydrogen) atoms. The summed E-state index contributed by atoms with van der Waals surface area (Å²) >= 11 is 1.16. The van der Waals surface area contributed by atoms with Gasteiger partial charge in [-0.2, -0.15) is 13.2 Å². The second-order valence-corrected chi connectivity index (χ2v) is 4.31. The number of hydrogen-bond acceptors (Lipinski definition) is 3. The van der Waals surface area contributed by atoms with Crippen LogP contribution in [0.5, 0.6) is 5.75 Å². The van der Waals surface area contributed by atoms with E-state index in [1.165, 1.54) is 0 Å². The van der Waals surface area contributed by atoms with Crippen LogP contribution in [0.4, 0.5) is 13.2 Å². The molecule has 1 fully saturated rings. The zero-order chi connectivity index (χ0) is 11.8. The molecule has 0 radical (unpaired) electrons. The maximum atomic E-state index is 12.7. The summed E-state index contributed by atoms with van der Waals surface area (Å²) in [5.41, 5.74) is -0.737. The molecule has 88 valence electrons. The fourth-order valence-electron chi connectivity index (χ4n) is 1.26. The van der Waals surface area contributed by atoms with Crippen molar-refractivity contribution in [2.45, 2.75) is 30.1 Å². The molecule has 1 aliphatic carbocycles. The van der Waals surface area contributed by atoms with Crippen molar-refractivity contribution in [3.05, 3.63) is 17.8 Å². The fourth-order valence-corrected chi connectivity index (χ4v) is 1.77. The highest BCUT2D eigenvalue weighted by Crippen LogP contribution is 2.42. The number of aromatic nitrogens is 1. The average Bonchev–Trinajstić information content (AvgIpc) is 3.00. The van der Waals surface area contributed by atoms with Crippen molar-refractivity contribution in [1.29, 1.82) is 0 Å². The quantitative estimate of drug-likeness (QED) is 0.767. The second-order valence-electron chi connectivity index (χ2n) is 3.51. The number of ether oxygens (including phenoxy) is 1. The fraction of sp³-hybridized carbons (Fsp3) is 0.500. The van der Waals surface area contributed by atoms with Crippen LogP contribution in [-0.4, -0.2) is 17.3 Å². The Morgan fingerprint density at radius 1 is 1.44 bits per heavy atom. The van der Waals surface area contributed by atoms with Gasteiger partial charge in [-0.15, -0.1) is 11.8 Å². The molecule has 2 nitrogen and oxygen atoms in total. The number of rotatable bonds is 3. The van der Waals surface area contributed by atoms with E-state index in [1.54, 1.807) is 6.26 Å². The van der Waals surface area contributed by atoms with Crippen molar-refractivity contribution in [3.63, 3.8) is 0 Å². The zero-order valence-electron chi connectivity index (χ0n) is 8.54. The van der Waals surface area contributed by atoms with Crippen LogP contribution in [0.15, 0.2) is 17.3 Å². The molecule has 0 amide bonds. The second kappa shape index (κ2) is 4.16. The Morgan fingerprint density at radius 2 is 2.12 bits per heavy atom. The number of hydrogen-bond donors (Lipinski definition) is 0. The summed E-state index contributed by atoms with van der Waals surface area (Å²) in [7, 11) is 0. The van der Waals surface area contributed by atoms with Gasteiger partial charge >= 0.3 is 6.18 Å². The Morgan fingerprint density at radius 3 is 2.62 bits per heavy atom. The lowest BCUT2D eigenvalue weighted by Gasteiger charge is -2.15. The molecule has 0 saturated heterocycles. The van der Waals surface area contributed by atoms with E-state index in [-0.39, 0.29) is 11.9 Å². The molecule has 0 aliphatic heterocycles. The van der Waals surface area contributed by atoms with Gasteiger partial charge in [-0.25, -0.2) is 4.98 Å². The summed E-state index contributed by atoms with van der Waals surface area (Å²) in [6.07, 6.45) is 0.0186. The topological polar surface area (TPSA) is 22.1 Å². The van der Waals surface area contributed by atoms with E-state index < -0.39 is 11.7 Å². The summed E-state index contributed by atoms with van der Waals surface area (Å²) in [6, 6.07) is 0.956. The van der Waals surface area contributed by atoms with E-state index in [9.17, 15) is 13.2 Å². The number of alkyl halides is 3. The Balaban J connectivity index is 2.41. The SMILES string of the molecule is CSc1nccc(C(F)(F)F)c1OC1CC1. The van der Waals surface area contributed by atoms with Crippen molar-refractivity contribution >= 4 is 11.8 Å². The summed E-state index contributed by atoms with van der Waals surface area (Å²) < 4.78 is 43.5. The number of pyridine rings is 1. The van der Waals surface area contributed by atoms with E-state index in [4.69, 9.17) is 4.74 Å². The van der Waals surface area contributed by atoms with Gasteiger partial charge in [0.25, 0.3) is 0 Å². The molecule has 2 rings (SSSR count). The molecule has 0 bridgehead atoms. The van der Waals surface area contributed by atoms with Crippen molar-refractivity contribution in [2.24, 2.45) is 0 Å². The Hall–Kier alpha value is -0.910. The molecule has 0 aromatic carbocycles. The van der Waals surface area contributed by atoms with Crippen LogP contribution in [0.3, 0.4) is 0 Å². The van der Waals surface area contributed by atoms with E-state index in [1.807, 2.05) is 0 Å². The van der Waals surface area contributed by atoms with Gasteiger partial charge in [0.05, 0.1) is 6.10 Å². The molecule has 6 heteroatoms. The first-order valence-electron chi connectivity index (χ1n) is 4.79. The van der Waals surface area contributed by atoms with Gasteiger partial charge in [-0.05, 0) is 25.2 Å². The minimum atomic E-state index is -4.39. The maximum Gasteiger partial charge on any atom is 0.420 e. The lowest BCUT2D eigenvalue weighted by Crippen LogP contribution is -2.11. The molecule has 0 atom stereocenters. The van der Waals surface area contributed by atoms with Crippen LogP contribution in [0.1, 0.15) is 18.4 Å². The van der Waals surface area contributed by atoms with Crippen molar-refractivity contribution in [2.75, 3.05) is 6.26 Å². The van der Waals surface area contributed by atoms with Gasteiger partial charge < -0.3 is 4.74 Å². The smallest absolute Gasteiger partial charge is 0.420 e. The molecule has 1 saturated carbocycles. The number of halogens is 3. The first-order valence-corrected chi connectivity index (χ1v) is 6.01. The molecule has 0 unspecified atom stereocenters. The highest BCUT2D eigenvalue weighted by molar-refractivity contribution is 7.98. The molecule has 1 heterocycles. The highest BCUT2D eigenvalue weighted by atomic mass is 32.2. The van der Waals surface area contributed by atoms with Crippen LogP contribution in [0.25, 0.3) is 0 Å². The van der Waals surface area contributed by atoms with Crippen molar-refractivity contribution in [3.8, 4) is 5.75 Å². The van der Waals surface area contributed by atoms with Gasteiger partial charge in [0.1, 0.15) is 10.6 Å². The van der Waals surface area contributed by atoms with Crippen LogP contribution >= 0.6 is 11.8 Å². The summed E-state index contributed by atoms with van der Waals surface area (Å²) in [6.45, 7) is 0. The first kappa shape index (κ1) is 11.6. The van der Waals surface area contributed by atoms with Crippen molar-refractivity contribution < 1.29 is 17.9 Å². The molecular formula is C10H10F3NOS. The third-order valence-corrected chi connectivity index (χ3v) is 2.86. The lowest BCUT2D eigenvalue weighted by atomic mass is 10.2. The Kier molecular flexibility index (Phi) is 3.01. The van der Waals surface area contributed by atoms with E-state index >= 15 is 0 Å². The first-order chi connectivity index (χ1) is 7.52. The zero-order valence-corrected chi connectivity index (χ0v) is 9.36. The molecule has 1 aliphatic rings. The predicted molar refractivity (Wildman–Crippen MR) is 54.7 cm³/mol.